The Morgan fingerprint density at radius 3 is 2.52 bits per heavy atom. The average molecular weight is 287 g/mol. The Morgan fingerprint density at radius 2 is 1.81 bits per heavy atom. The summed E-state index contributed by atoms with van der Waals surface area (Å²) in [6.45, 7) is 3.11. The number of benzene rings is 1. The number of rotatable bonds is 4. The Kier molecular flexibility index (Phi) is 5.32. The van der Waals surface area contributed by atoms with Crippen LogP contribution in [0.3, 0.4) is 0 Å². The Hall–Kier alpha value is -0.860. The van der Waals surface area contributed by atoms with Crippen LogP contribution in [0.2, 0.25) is 0 Å². The molecule has 0 aromatic heterocycles. The third kappa shape index (κ3) is 4.08. The predicted molar refractivity (Wildman–Crippen MR) is 87.3 cm³/mol. The molecule has 2 heteroatoms. The summed E-state index contributed by atoms with van der Waals surface area (Å²) in [5.74, 6) is 0.805. The first kappa shape index (κ1) is 15.1. The molecule has 2 aliphatic rings. The molecule has 1 aromatic rings. The second kappa shape index (κ2) is 7.42. The average Bonchev–Trinajstić information content (AvgIpc) is 2.54. The second-order valence-electron chi connectivity index (χ2n) is 6.86. The maximum absolute atomic E-state index is 5.70. The smallest absolute Gasteiger partial charge is 0.0561 e. The summed E-state index contributed by atoms with van der Waals surface area (Å²) in [7, 11) is 0. The van der Waals surface area contributed by atoms with Crippen molar-refractivity contribution in [3.63, 3.8) is 0 Å². The molecule has 1 heterocycles. The summed E-state index contributed by atoms with van der Waals surface area (Å²) in [5.41, 5.74) is 1.48. The van der Waals surface area contributed by atoms with E-state index in [1.54, 1.807) is 0 Å². The summed E-state index contributed by atoms with van der Waals surface area (Å²) in [6, 6.07) is 12.2. The van der Waals surface area contributed by atoms with Gasteiger partial charge < -0.3 is 10.1 Å². The molecule has 3 atom stereocenters. The van der Waals surface area contributed by atoms with Gasteiger partial charge in [-0.1, -0.05) is 49.6 Å². The molecule has 3 rings (SSSR count). The van der Waals surface area contributed by atoms with Crippen LogP contribution < -0.4 is 5.32 Å². The van der Waals surface area contributed by atoms with E-state index >= 15 is 0 Å². The lowest BCUT2D eigenvalue weighted by molar-refractivity contribution is 0.00896. The molecule has 0 radical (unpaired) electrons. The van der Waals surface area contributed by atoms with Crippen molar-refractivity contribution >= 4 is 0 Å². The van der Waals surface area contributed by atoms with E-state index in [2.05, 4.69) is 42.6 Å². The van der Waals surface area contributed by atoms with Gasteiger partial charge in [-0.2, -0.15) is 0 Å². The Balaban J connectivity index is 1.72. The molecule has 1 aliphatic carbocycles. The molecule has 2 nitrogen and oxygen atoms in total. The number of hydrogen-bond donors (Lipinski definition) is 1. The normalized spacial score (nSPS) is 29.2. The van der Waals surface area contributed by atoms with Crippen LogP contribution in [0.1, 0.15) is 63.5 Å². The fourth-order valence-electron chi connectivity index (χ4n) is 4.04. The molecule has 1 aromatic carbocycles. The summed E-state index contributed by atoms with van der Waals surface area (Å²) in [5, 5.41) is 3.99. The van der Waals surface area contributed by atoms with E-state index in [4.69, 9.17) is 4.74 Å². The second-order valence-corrected chi connectivity index (χ2v) is 6.86. The van der Waals surface area contributed by atoms with Crippen molar-refractivity contribution in [3.8, 4) is 0 Å². The van der Waals surface area contributed by atoms with Gasteiger partial charge in [0.1, 0.15) is 0 Å². The Labute approximate surface area is 129 Å². The fraction of sp³-hybridized carbons (Fsp3) is 0.684. The number of ether oxygens (including phenoxy) is 1. The van der Waals surface area contributed by atoms with Crippen LogP contribution in [-0.4, -0.2) is 18.8 Å². The molecule has 116 valence electrons. The van der Waals surface area contributed by atoms with Crippen LogP contribution in [0.15, 0.2) is 30.3 Å². The summed E-state index contributed by atoms with van der Waals surface area (Å²) in [6.07, 6.45) is 9.69. The monoisotopic (exact) mass is 287 g/mol. The van der Waals surface area contributed by atoms with Gasteiger partial charge in [-0.05, 0) is 44.1 Å². The van der Waals surface area contributed by atoms with Gasteiger partial charge in [0.05, 0.1) is 6.10 Å². The van der Waals surface area contributed by atoms with Gasteiger partial charge in [0.2, 0.25) is 0 Å². The minimum absolute atomic E-state index is 0.402. The maximum Gasteiger partial charge on any atom is 0.0561 e. The Morgan fingerprint density at radius 1 is 1.05 bits per heavy atom. The van der Waals surface area contributed by atoms with E-state index < -0.39 is 0 Å². The highest BCUT2D eigenvalue weighted by Crippen LogP contribution is 2.35. The third-order valence-electron chi connectivity index (χ3n) is 5.18. The van der Waals surface area contributed by atoms with Gasteiger partial charge in [-0.15, -0.1) is 0 Å². The fourth-order valence-corrected chi connectivity index (χ4v) is 4.04. The molecule has 2 fully saturated rings. The molecule has 1 N–H and O–H groups in total. The first-order chi connectivity index (χ1) is 10.3. The van der Waals surface area contributed by atoms with E-state index in [9.17, 15) is 0 Å². The van der Waals surface area contributed by atoms with Crippen molar-refractivity contribution in [2.45, 2.75) is 70.1 Å². The van der Waals surface area contributed by atoms with Crippen molar-refractivity contribution in [2.75, 3.05) is 6.61 Å². The third-order valence-corrected chi connectivity index (χ3v) is 5.18. The van der Waals surface area contributed by atoms with E-state index in [0.29, 0.717) is 18.2 Å². The van der Waals surface area contributed by atoms with E-state index in [-0.39, 0.29) is 0 Å². The van der Waals surface area contributed by atoms with Gasteiger partial charge in [-0.3, -0.25) is 0 Å². The van der Waals surface area contributed by atoms with Gasteiger partial charge in [-0.25, -0.2) is 0 Å². The number of hydrogen-bond acceptors (Lipinski definition) is 2. The molecule has 1 saturated carbocycles. The number of nitrogens with one attached hydrogen (secondary N) is 1. The molecular formula is C19H29NO. The lowest BCUT2D eigenvalue weighted by Gasteiger charge is -2.37. The zero-order chi connectivity index (χ0) is 14.5. The molecule has 1 aliphatic heterocycles. The standard InChI is InChI=1S/C19H29NO/c1-15-14-18(12-13-21-15)20-19(16-8-4-2-5-9-16)17-10-6-3-7-11-17/h2,4-5,8-9,15,17-20H,3,6-7,10-14H2,1H3. The SMILES string of the molecule is CC1CC(NC(c2ccccc2)C2CCCCC2)CCO1. The van der Waals surface area contributed by atoms with E-state index in [1.807, 2.05) is 0 Å². The summed E-state index contributed by atoms with van der Waals surface area (Å²) < 4.78 is 5.70. The van der Waals surface area contributed by atoms with Gasteiger partial charge in [0.25, 0.3) is 0 Å². The van der Waals surface area contributed by atoms with Crippen LogP contribution >= 0.6 is 0 Å². The molecule has 1 saturated heterocycles. The quantitative estimate of drug-likeness (QED) is 0.882. The van der Waals surface area contributed by atoms with Crippen molar-refractivity contribution in [3.05, 3.63) is 35.9 Å². The van der Waals surface area contributed by atoms with Crippen LogP contribution in [0, 0.1) is 5.92 Å². The van der Waals surface area contributed by atoms with Crippen LogP contribution in [0.25, 0.3) is 0 Å². The lowest BCUT2D eigenvalue weighted by atomic mass is 9.80. The minimum atomic E-state index is 0.402. The molecule has 3 unspecified atom stereocenters. The van der Waals surface area contributed by atoms with Crippen LogP contribution in [-0.2, 0) is 4.74 Å². The van der Waals surface area contributed by atoms with Gasteiger partial charge >= 0.3 is 0 Å². The topological polar surface area (TPSA) is 21.3 Å². The Bertz CT molecular complexity index is 413. The van der Waals surface area contributed by atoms with Gasteiger partial charge in [0.15, 0.2) is 0 Å². The lowest BCUT2D eigenvalue weighted by Crippen LogP contribution is -2.42. The van der Waals surface area contributed by atoms with E-state index in [0.717, 1.165) is 25.4 Å². The predicted octanol–water partition coefficient (Wildman–Crippen LogP) is 4.47. The van der Waals surface area contributed by atoms with Crippen LogP contribution in [0.4, 0.5) is 0 Å². The van der Waals surface area contributed by atoms with Crippen molar-refractivity contribution in [1.29, 1.82) is 0 Å². The largest absolute Gasteiger partial charge is 0.378 e. The zero-order valence-electron chi connectivity index (χ0n) is 13.3. The molecular weight excluding hydrogens is 258 g/mol. The van der Waals surface area contributed by atoms with Crippen LogP contribution in [0.5, 0.6) is 0 Å². The molecule has 0 amide bonds. The molecule has 0 spiro atoms. The maximum atomic E-state index is 5.70. The first-order valence-corrected chi connectivity index (χ1v) is 8.75. The minimum Gasteiger partial charge on any atom is -0.378 e. The molecule has 21 heavy (non-hydrogen) atoms. The highest BCUT2D eigenvalue weighted by molar-refractivity contribution is 5.20. The highest BCUT2D eigenvalue weighted by atomic mass is 16.5. The highest BCUT2D eigenvalue weighted by Gasteiger charge is 2.28. The summed E-state index contributed by atoms with van der Waals surface area (Å²) >= 11 is 0. The van der Waals surface area contributed by atoms with Crippen molar-refractivity contribution in [2.24, 2.45) is 5.92 Å². The zero-order valence-corrected chi connectivity index (χ0v) is 13.3. The van der Waals surface area contributed by atoms with E-state index in [1.165, 1.54) is 37.7 Å². The summed E-state index contributed by atoms with van der Waals surface area (Å²) in [4.78, 5) is 0. The van der Waals surface area contributed by atoms with Crippen molar-refractivity contribution < 1.29 is 4.74 Å². The van der Waals surface area contributed by atoms with Gasteiger partial charge in [0, 0.05) is 18.7 Å². The van der Waals surface area contributed by atoms with Crippen molar-refractivity contribution in [1.82, 2.24) is 5.32 Å². The first-order valence-electron chi connectivity index (χ1n) is 8.75. The molecule has 0 bridgehead atoms.